The number of benzene rings is 2. The Morgan fingerprint density at radius 3 is 2.58 bits per heavy atom. The fourth-order valence-electron chi connectivity index (χ4n) is 5.51. The van der Waals surface area contributed by atoms with Crippen molar-refractivity contribution in [3.05, 3.63) is 70.5 Å². The third kappa shape index (κ3) is 3.84. The van der Waals surface area contributed by atoms with E-state index < -0.39 is 11.2 Å². The molecule has 3 atom stereocenters. The Labute approximate surface area is 186 Å². The summed E-state index contributed by atoms with van der Waals surface area (Å²) in [5, 5.41) is 3.49. The normalized spacial score (nSPS) is 26.8. The third-order valence-electron chi connectivity index (χ3n) is 7.11. The van der Waals surface area contributed by atoms with Crippen molar-refractivity contribution in [3.8, 4) is 0 Å². The highest BCUT2D eigenvalue weighted by molar-refractivity contribution is 6.31. The van der Waals surface area contributed by atoms with Gasteiger partial charge in [-0.05, 0) is 61.8 Å². The molecule has 4 nitrogen and oxygen atoms in total. The Hall–Kier alpha value is -2.40. The minimum atomic E-state index is -0.602. The molecule has 162 valence electrons. The average molecular weight is 441 g/mol. The first-order chi connectivity index (χ1) is 15.0. The lowest BCUT2D eigenvalue weighted by atomic mass is 9.69. The number of rotatable bonds is 6. The highest BCUT2D eigenvalue weighted by Gasteiger charge is 2.61. The number of halogens is 2. The fourth-order valence-corrected chi connectivity index (χ4v) is 5.74. The van der Waals surface area contributed by atoms with Crippen LogP contribution in [0, 0.1) is 11.2 Å². The zero-order valence-corrected chi connectivity index (χ0v) is 18.1. The Kier molecular flexibility index (Phi) is 5.25. The third-order valence-corrected chi connectivity index (χ3v) is 7.46. The van der Waals surface area contributed by atoms with Crippen molar-refractivity contribution in [2.75, 3.05) is 0 Å². The second-order valence-corrected chi connectivity index (χ2v) is 9.64. The molecule has 0 spiro atoms. The van der Waals surface area contributed by atoms with Crippen LogP contribution in [0.5, 0.6) is 0 Å². The van der Waals surface area contributed by atoms with Crippen molar-refractivity contribution in [2.24, 2.45) is 5.41 Å². The van der Waals surface area contributed by atoms with Crippen molar-refractivity contribution in [1.29, 1.82) is 0 Å². The van der Waals surface area contributed by atoms with E-state index in [1.165, 1.54) is 12.1 Å². The van der Waals surface area contributed by atoms with Gasteiger partial charge in [-0.15, -0.1) is 0 Å². The van der Waals surface area contributed by atoms with E-state index in [1.807, 2.05) is 23.1 Å². The van der Waals surface area contributed by atoms with Crippen LogP contribution in [0.15, 0.2) is 48.5 Å². The van der Waals surface area contributed by atoms with Gasteiger partial charge in [0.1, 0.15) is 5.82 Å². The van der Waals surface area contributed by atoms with Crippen LogP contribution in [0.4, 0.5) is 4.39 Å². The smallest absolute Gasteiger partial charge is 0.228 e. The first-order valence-corrected chi connectivity index (χ1v) is 11.4. The molecule has 2 aromatic carbocycles. The molecule has 2 amide bonds. The molecule has 1 saturated carbocycles. The monoisotopic (exact) mass is 440 g/mol. The van der Waals surface area contributed by atoms with Gasteiger partial charge in [-0.1, -0.05) is 48.0 Å². The lowest BCUT2D eigenvalue weighted by molar-refractivity contribution is -0.136. The first-order valence-electron chi connectivity index (χ1n) is 11.1. The quantitative estimate of drug-likeness (QED) is 0.728. The van der Waals surface area contributed by atoms with E-state index in [1.54, 1.807) is 6.07 Å². The maximum absolute atomic E-state index is 13.5. The molecule has 0 aromatic heterocycles. The van der Waals surface area contributed by atoms with Crippen LogP contribution in [0.3, 0.4) is 0 Å². The van der Waals surface area contributed by atoms with Crippen LogP contribution in [0.25, 0.3) is 0 Å². The van der Waals surface area contributed by atoms with Crippen LogP contribution < -0.4 is 5.32 Å². The molecule has 5 rings (SSSR count). The Bertz CT molecular complexity index is 1010. The number of hydrogen-bond acceptors (Lipinski definition) is 2. The molecule has 6 heteroatoms. The van der Waals surface area contributed by atoms with Gasteiger partial charge in [0.05, 0.1) is 11.8 Å². The molecule has 2 aliphatic heterocycles. The molecule has 3 fully saturated rings. The second-order valence-electron chi connectivity index (χ2n) is 9.23. The standard InChI is InChI=1S/C25H26ClFN2O2/c26-21-13-18(27)7-6-17(21)12-23(30)29-20-10-11-22(29)25(15-20,24(31)28-19-8-9-19)14-16-4-2-1-3-5-16/h1-7,13,19-20,22H,8-12,14-15H2,(H,28,31)/t20-,22+,25+/m1/s1. The van der Waals surface area contributed by atoms with Crippen LogP contribution in [-0.4, -0.2) is 34.8 Å². The van der Waals surface area contributed by atoms with Gasteiger partial charge in [-0.25, -0.2) is 4.39 Å². The predicted octanol–water partition coefficient (Wildman–Crippen LogP) is 4.29. The highest BCUT2D eigenvalue weighted by atomic mass is 35.5. The molecular formula is C25H26ClFN2O2. The minimum Gasteiger partial charge on any atom is -0.353 e. The van der Waals surface area contributed by atoms with Crippen LogP contribution >= 0.6 is 11.6 Å². The minimum absolute atomic E-state index is 0.0323. The van der Waals surface area contributed by atoms with E-state index in [2.05, 4.69) is 17.4 Å². The Morgan fingerprint density at radius 2 is 1.87 bits per heavy atom. The van der Waals surface area contributed by atoms with Crippen LogP contribution in [0.2, 0.25) is 5.02 Å². The van der Waals surface area contributed by atoms with E-state index in [0.717, 1.165) is 31.2 Å². The van der Waals surface area contributed by atoms with E-state index in [-0.39, 0.29) is 41.4 Å². The Balaban J connectivity index is 1.42. The average Bonchev–Trinajstić information content (AvgIpc) is 3.38. The maximum atomic E-state index is 13.5. The number of hydrogen-bond donors (Lipinski definition) is 1. The molecule has 3 aliphatic rings. The SMILES string of the molecule is O=C(Cc1ccc(F)cc1Cl)N1[C@@H]2CC[C@H]1[C@@](Cc1ccccc1)(C(=O)NC1CC1)C2. The molecule has 0 unspecified atom stereocenters. The van der Waals surface area contributed by atoms with Gasteiger partial charge in [0, 0.05) is 23.1 Å². The summed E-state index contributed by atoms with van der Waals surface area (Å²) in [5.41, 5.74) is 1.14. The van der Waals surface area contributed by atoms with Crippen molar-refractivity contribution >= 4 is 23.4 Å². The summed E-state index contributed by atoms with van der Waals surface area (Å²) in [7, 11) is 0. The molecule has 0 radical (unpaired) electrons. The zero-order valence-electron chi connectivity index (χ0n) is 17.3. The van der Waals surface area contributed by atoms with Gasteiger partial charge in [-0.2, -0.15) is 0 Å². The molecular weight excluding hydrogens is 415 g/mol. The number of amides is 2. The molecule has 1 N–H and O–H groups in total. The second kappa shape index (κ2) is 7.94. The van der Waals surface area contributed by atoms with Gasteiger partial charge >= 0.3 is 0 Å². The first kappa shape index (κ1) is 20.5. The number of nitrogens with one attached hydrogen (secondary N) is 1. The molecule has 1 aliphatic carbocycles. The number of carbonyl (C=O) groups is 2. The number of fused-ring (bicyclic) bond motifs is 2. The summed E-state index contributed by atoms with van der Waals surface area (Å²) in [6.07, 6.45) is 5.26. The van der Waals surface area contributed by atoms with Crippen molar-refractivity contribution in [3.63, 3.8) is 0 Å². The van der Waals surface area contributed by atoms with Gasteiger partial charge in [0.15, 0.2) is 0 Å². The van der Waals surface area contributed by atoms with E-state index in [9.17, 15) is 14.0 Å². The topological polar surface area (TPSA) is 49.4 Å². The van der Waals surface area contributed by atoms with Gasteiger partial charge in [0.25, 0.3) is 0 Å². The van der Waals surface area contributed by atoms with E-state index in [0.29, 0.717) is 18.4 Å². The van der Waals surface area contributed by atoms with Gasteiger partial charge < -0.3 is 10.2 Å². The van der Waals surface area contributed by atoms with Crippen molar-refractivity contribution < 1.29 is 14.0 Å². The Morgan fingerprint density at radius 1 is 1.10 bits per heavy atom. The summed E-state index contributed by atoms with van der Waals surface area (Å²) in [6.45, 7) is 0. The number of nitrogens with zero attached hydrogens (tertiary/aromatic N) is 1. The predicted molar refractivity (Wildman–Crippen MR) is 117 cm³/mol. The summed E-state index contributed by atoms with van der Waals surface area (Å²) in [6, 6.07) is 14.4. The molecule has 2 bridgehead atoms. The molecule has 2 heterocycles. The molecule has 31 heavy (non-hydrogen) atoms. The lowest BCUT2D eigenvalue weighted by Crippen LogP contribution is -2.51. The van der Waals surface area contributed by atoms with Crippen LogP contribution in [0.1, 0.15) is 43.2 Å². The van der Waals surface area contributed by atoms with E-state index >= 15 is 0 Å². The maximum Gasteiger partial charge on any atom is 0.228 e. The summed E-state index contributed by atoms with van der Waals surface area (Å²) in [4.78, 5) is 28.8. The molecule has 2 saturated heterocycles. The summed E-state index contributed by atoms with van der Waals surface area (Å²) < 4.78 is 13.4. The molecule has 2 aromatic rings. The summed E-state index contributed by atoms with van der Waals surface area (Å²) in [5.74, 6) is -0.361. The highest BCUT2D eigenvalue weighted by Crippen LogP contribution is 2.52. The number of carbonyl (C=O) groups excluding carboxylic acids is 2. The lowest BCUT2D eigenvalue weighted by Gasteiger charge is -2.36. The van der Waals surface area contributed by atoms with Crippen molar-refractivity contribution in [1.82, 2.24) is 10.2 Å². The van der Waals surface area contributed by atoms with Crippen LogP contribution in [-0.2, 0) is 22.4 Å². The van der Waals surface area contributed by atoms with Gasteiger partial charge in [0.2, 0.25) is 11.8 Å². The fraction of sp³-hybridized carbons (Fsp3) is 0.440. The largest absolute Gasteiger partial charge is 0.353 e. The van der Waals surface area contributed by atoms with Crippen molar-refractivity contribution in [2.45, 2.75) is 63.1 Å². The van der Waals surface area contributed by atoms with E-state index in [4.69, 9.17) is 11.6 Å². The summed E-state index contributed by atoms with van der Waals surface area (Å²) >= 11 is 6.17. The zero-order chi connectivity index (χ0) is 21.6. The van der Waals surface area contributed by atoms with Gasteiger partial charge in [-0.3, -0.25) is 9.59 Å².